The molecule has 0 heterocycles. The second-order valence-electron chi connectivity index (χ2n) is 8.16. The van der Waals surface area contributed by atoms with Crippen molar-refractivity contribution in [3.63, 3.8) is 0 Å². The molecule has 1 amide bonds. The van der Waals surface area contributed by atoms with Gasteiger partial charge >= 0.3 is 6.09 Å². The fourth-order valence-corrected chi connectivity index (χ4v) is 3.60. The third kappa shape index (κ3) is 5.28. The molecule has 0 saturated heterocycles. The number of nitriles is 1. The summed E-state index contributed by atoms with van der Waals surface area (Å²) in [6.07, 6.45) is 0.675. The molecule has 0 aromatic heterocycles. The fraction of sp³-hybridized carbons (Fsp3) is 0.348. The number of aryl methyl sites for hydroxylation is 1. The third-order valence-electron chi connectivity index (χ3n) is 4.73. The number of hydrogen-bond acceptors (Lipinski definition) is 6. The SMILES string of the molecule is COC(=N)c1cc(OC2CCc3cc(C#N)c(Cl)cc32)ccc1NC(=O)OC(C)(C)C. The molecule has 2 aromatic rings. The van der Waals surface area contributed by atoms with Crippen LogP contribution < -0.4 is 10.1 Å². The highest BCUT2D eigenvalue weighted by Crippen LogP contribution is 2.38. The van der Waals surface area contributed by atoms with Crippen molar-refractivity contribution in [2.24, 2.45) is 0 Å². The summed E-state index contributed by atoms with van der Waals surface area (Å²) in [5.74, 6) is 0.398. The molecule has 0 saturated carbocycles. The Hall–Kier alpha value is -3.24. The van der Waals surface area contributed by atoms with Crippen LogP contribution >= 0.6 is 11.6 Å². The van der Waals surface area contributed by atoms with Crippen molar-refractivity contribution in [2.45, 2.75) is 45.3 Å². The average Bonchev–Trinajstić information content (AvgIpc) is 3.07. The topological polar surface area (TPSA) is 104 Å². The van der Waals surface area contributed by atoms with Crippen LogP contribution in [0.4, 0.5) is 10.5 Å². The molecule has 2 aromatic carbocycles. The lowest BCUT2D eigenvalue weighted by Gasteiger charge is -2.21. The van der Waals surface area contributed by atoms with E-state index in [1.165, 1.54) is 7.11 Å². The van der Waals surface area contributed by atoms with Gasteiger partial charge < -0.3 is 14.2 Å². The highest BCUT2D eigenvalue weighted by molar-refractivity contribution is 6.31. The minimum Gasteiger partial charge on any atom is -0.486 e. The van der Waals surface area contributed by atoms with E-state index in [1.54, 1.807) is 51.1 Å². The molecular weight excluding hydrogens is 418 g/mol. The van der Waals surface area contributed by atoms with Crippen LogP contribution in [0.2, 0.25) is 5.02 Å². The molecule has 0 radical (unpaired) electrons. The lowest BCUT2D eigenvalue weighted by Crippen LogP contribution is -2.27. The Labute approximate surface area is 186 Å². The molecule has 1 aliphatic rings. The maximum absolute atomic E-state index is 12.2. The van der Waals surface area contributed by atoms with E-state index >= 15 is 0 Å². The van der Waals surface area contributed by atoms with E-state index in [-0.39, 0.29) is 12.0 Å². The number of nitrogens with one attached hydrogen (secondary N) is 2. The zero-order valence-corrected chi connectivity index (χ0v) is 18.6. The Morgan fingerprint density at radius 1 is 1.29 bits per heavy atom. The maximum atomic E-state index is 12.2. The van der Waals surface area contributed by atoms with E-state index < -0.39 is 11.7 Å². The summed E-state index contributed by atoms with van der Waals surface area (Å²) in [6, 6.07) is 10.7. The van der Waals surface area contributed by atoms with E-state index in [4.69, 9.17) is 31.2 Å². The number of amides is 1. The molecular formula is C23H24ClN3O4. The molecule has 0 aliphatic heterocycles. The molecule has 1 unspecified atom stereocenters. The Bertz CT molecular complexity index is 1070. The Morgan fingerprint density at radius 2 is 2.03 bits per heavy atom. The standard InChI is InChI=1S/C23H24ClN3O4/c1-23(2,3)31-22(28)27-19-7-6-15(10-17(19)21(26)29-4)30-20-8-5-13-9-14(12-25)18(24)11-16(13)20/h6-7,9-11,20,26H,5,8H2,1-4H3,(H,27,28). The monoisotopic (exact) mass is 441 g/mol. The van der Waals surface area contributed by atoms with Crippen molar-refractivity contribution in [1.29, 1.82) is 10.7 Å². The van der Waals surface area contributed by atoms with Crippen molar-refractivity contribution >= 4 is 29.3 Å². The van der Waals surface area contributed by atoms with Crippen LogP contribution in [0, 0.1) is 16.7 Å². The van der Waals surface area contributed by atoms with Crippen molar-refractivity contribution in [3.05, 3.63) is 57.6 Å². The average molecular weight is 442 g/mol. The number of hydrogen-bond donors (Lipinski definition) is 2. The number of anilines is 1. The summed E-state index contributed by atoms with van der Waals surface area (Å²) in [5.41, 5.74) is 2.53. The lowest BCUT2D eigenvalue weighted by molar-refractivity contribution is 0.0636. The summed E-state index contributed by atoms with van der Waals surface area (Å²) in [7, 11) is 1.38. The molecule has 0 bridgehead atoms. The molecule has 0 spiro atoms. The number of fused-ring (bicyclic) bond motifs is 1. The first-order valence-corrected chi connectivity index (χ1v) is 10.1. The van der Waals surface area contributed by atoms with Gasteiger partial charge in [-0.15, -0.1) is 0 Å². The molecule has 0 fully saturated rings. The number of carbonyl (C=O) groups excluding carboxylic acids is 1. The van der Waals surface area contributed by atoms with Gasteiger partial charge in [0.2, 0.25) is 5.90 Å². The summed E-state index contributed by atoms with van der Waals surface area (Å²) in [5, 5.41) is 20.3. The summed E-state index contributed by atoms with van der Waals surface area (Å²) in [4.78, 5) is 12.2. The van der Waals surface area contributed by atoms with Crippen LogP contribution in [-0.4, -0.2) is 24.7 Å². The Kier molecular flexibility index (Phi) is 6.42. The Morgan fingerprint density at radius 3 is 2.68 bits per heavy atom. The van der Waals surface area contributed by atoms with Gasteiger partial charge in [-0.2, -0.15) is 5.26 Å². The molecule has 7 nitrogen and oxygen atoms in total. The molecule has 1 atom stereocenters. The van der Waals surface area contributed by atoms with Crippen LogP contribution in [-0.2, 0) is 15.9 Å². The van der Waals surface area contributed by atoms with Gasteiger partial charge in [-0.3, -0.25) is 10.7 Å². The zero-order valence-electron chi connectivity index (χ0n) is 17.8. The molecule has 8 heteroatoms. The van der Waals surface area contributed by atoms with Gasteiger partial charge in [-0.05, 0) is 75.1 Å². The second kappa shape index (κ2) is 8.86. The number of ether oxygens (including phenoxy) is 3. The van der Waals surface area contributed by atoms with Gasteiger partial charge in [0, 0.05) is 0 Å². The number of nitrogens with zero attached hydrogens (tertiary/aromatic N) is 1. The van der Waals surface area contributed by atoms with Crippen LogP contribution in [0.3, 0.4) is 0 Å². The Balaban J connectivity index is 1.84. The zero-order chi connectivity index (χ0) is 22.8. The lowest BCUT2D eigenvalue weighted by atomic mass is 10.1. The minimum atomic E-state index is -0.648. The second-order valence-corrected chi connectivity index (χ2v) is 8.56. The predicted octanol–water partition coefficient (Wildman–Crippen LogP) is 5.60. The largest absolute Gasteiger partial charge is 0.486 e. The number of methoxy groups -OCH3 is 1. The van der Waals surface area contributed by atoms with E-state index in [1.807, 2.05) is 0 Å². The summed E-state index contributed by atoms with van der Waals surface area (Å²) in [6.45, 7) is 5.31. The van der Waals surface area contributed by atoms with Crippen molar-refractivity contribution in [1.82, 2.24) is 0 Å². The smallest absolute Gasteiger partial charge is 0.412 e. The van der Waals surface area contributed by atoms with E-state index in [0.717, 1.165) is 24.0 Å². The number of benzene rings is 2. The van der Waals surface area contributed by atoms with E-state index in [2.05, 4.69) is 11.4 Å². The van der Waals surface area contributed by atoms with Crippen LogP contribution in [0.15, 0.2) is 30.3 Å². The van der Waals surface area contributed by atoms with Gasteiger partial charge in [-0.25, -0.2) is 4.79 Å². The van der Waals surface area contributed by atoms with Gasteiger partial charge in [0.15, 0.2) is 0 Å². The fourth-order valence-electron chi connectivity index (χ4n) is 3.38. The number of carbonyl (C=O) groups is 1. The van der Waals surface area contributed by atoms with Crippen molar-refractivity contribution in [2.75, 3.05) is 12.4 Å². The molecule has 3 rings (SSSR count). The van der Waals surface area contributed by atoms with Crippen LogP contribution in [0.5, 0.6) is 5.75 Å². The predicted molar refractivity (Wildman–Crippen MR) is 118 cm³/mol. The highest BCUT2D eigenvalue weighted by Gasteiger charge is 2.26. The summed E-state index contributed by atoms with van der Waals surface area (Å²) < 4.78 is 16.5. The first-order chi connectivity index (χ1) is 14.6. The molecule has 2 N–H and O–H groups in total. The van der Waals surface area contributed by atoms with E-state index in [0.29, 0.717) is 27.6 Å². The van der Waals surface area contributed by atoms with Gasteiger partial charge in [0.05, 0.1) is 28.9 Å². The number of halogens is 1. The first-order valence-electron chi connectivity index (χ1n) is 9.77. The normalized spacial score (nSPS) is 14.9. The quantitative estimate of drug-likeness (QED) is 0.474. The minimum absolute atomic E-state index is 0.120. The molecule has 31 heavy (non-hydrogen) atoms. The van der Waals surface area contributed by atoms with Crippen LogP contribution in [0.25, 0.3) is 0 Å². The van der Waals surface area contributed by atoms with Crippen LogP contribution in [0.1, 0.15) is 55.5 Å². The third-order valence-corrected chi connectivity index (χ3v) is 5.04. The van der Waals surface area contributed by atoms with Crippen molar-refractivity contribution in [3.8, 4) is 11.8 Å². The highest BCUT2D eigenvalue weighted by atomic mass is 35.5. The maximum Gasteiger partial charge on any atom is 0.412 e. The van der Waals surface area contributed by atoms with E-state index in [9.17, 15) is 10.1 Å². The summed E-state index contributed by atoms with van der Waals surface area (Å²) >= 11 is 6.20. The molecule has 162 valence electrons. The number of rotatable bonds is 4. The van der Waals surface area contributed by atoms with Gasteiger partial charge in [0.1, 0.15) is 23.5 Å². The first kappa shape index (κ1) is 22.4. The molecule has 1 aliphatic carbocycles. The van der Waals surface area contributed by atoms with Gasteiger partial charge in [0.25, 0.3) is 0 Å². The van der Waals surface area contributed by atoms with Crippen molar-refractivity contribution < 1.29 is 19.0 Å². The van der Waals surface area contributed by atoms with Gasteiger partial charge in [-0.1, -0.05) is 11.6 Å².